The van der Waals surface area contributed by atoms with E-state index in [1.54, 1.807) is 18.6 Å². The van der Waals surface area contributed by atoms with Gasteiger partial charge in [0.05, 0.1) is 18.4 Å². The van der Waals surface area contributed by atoms with Crippen LogP contribution < -0.4 is 4.74 Å². The van der Waals surface area contributed by atoms with Crippen LogP contribution in [0.1, 0.15) is 13.3 Å². The maximum absolute atomic E-state index is 5.74. The Morgan fingerprint density at radius 1 is 1.00 bits per heavy atom. The number of benzene rings is 1. The highest BCUT2D eigenvalue weighted by atomic mass is 16.5. The second kappa shape index (κ2) is 6.17. The summed E-state index contributed by atoms with van der Waals surface area (Å²) in [4.78, 5) is 12.2. The van der Waals surface area contributed by atoms with Crippen LogP contribution in [0.2, 0.25) is 0 Å². The Hall–Kier alpha value is -2.69. The quantitative estimate of drug-likeness (QED) is 0.715. The van der Waals surface area contributed by atoms with E-state index in [0.29, 0.717) is 11.7 Å². The van der Waals surface area contributed by atoms with Crippen molar-refractivity contribution < 1.29 is 9.15 Å². The molecule has 0 radical (unpaired) electrons. The molecule has 1 aromatic carbocycles. The Balaban J connectivity index is 1.80. The Bertz CT molecular complexity index is 693. The average molecular weight is 281 g/mol. The van der Waals surface area contributed by atoms with Crippen LogP contribution in [-0.4, -0.2) is 21.6 Å². The van der Waals surface area contributed by atoms with E-state index in [1.165, 1.54) is 6.33 Å². The number of nitrogens with zero attached hydrogens (tertiary/aromatic N) is 3. The van der Waals surface area contributed by atoms with Gasteiger partial charge in [0.15, 0.2) is 5.76 Å². The van der Waals surface area contributed by atoms with Crippen LogP contribution in [0.15, 0.2) is 53.6 Å². The molecule has 0 fully saturated rings. The Labute approximate surface area is 122 Å². The molecule has 2 aromatic heterocycles. The van der Waals surface area contributed by atoms with Gasteiger partial charge in [-0.05, 0) is 30.7 Å². The van der Waals surface area contributed by atoms with Gasteiger partial charge in [-0.3, -0.25) is 0 Å². The van der Waals surface area contributed by atoms with Crippen molar-refractivity contribution in [2.45, 2.75) is 13.3 Å². The molecule has 0 N–H and O–H groups in total. The summed E-state index contributed by atoms with van der Waals surface area (Å²) in [5.41, 5.74) is 1.71. The van der Waals surface area contributed by atoms with Crippen LogP contribution in [0.3, 0.4) is 0 Å². The zero-order valence-electron chi connectivity index (χ0n) is 11.7. The molecule has 106 valence electrons. The summed E-state index contributed by atoms with van der Waals surface area (Å²) in [6.07, 6.45) is 7.51. The number of aromatic nitrogens is 3. The fourth-order valence-corrected chi connectivity index (χ4v) is 1.89. The van der Waals surface area contributed by atoms with Gasteiger partial charge in [-0.1, -0.05) is 6.92 Å². The zero-order valence-corrected chi connectivity index (χ0v) is 11.7. The third-order valence-electron chi connectivity index (χ3n) is 2.92. The third-order valence-corrected chi connectivity index (χ3v) is 2.92. The summed E-state index contributed by atoms with van der Waals surface area (Å²) in [6, 6.07) is 7.77. The topological polar surface area (TPSA) is 61.0 Å². The lowest BCUT2D eigenvalue weighted by Gasteiger charge is -2.04. The van der Waals surface area contributed by atoms with Gasteiger partial charge < -0.3 is 9.15 Å². The fourth-order valence-electron chi connectivity index (χ4n) is 1.89. The SMILES string of the molecule is CCCOc1ccc(-c2cnc(-c3cncnc3)o2)cc1. The van der Waals surface area contributed by atoms with Crippen LogP contribution >= 0.6 is 0 Å². The van der Waals surface area contributed by atoms with E-state index in [1.807, 2.05) is 24.3 Å². The van der Waals surface area contributed by atoms with Gasteiger partial charge in [-0.15, -0.1) is 0 Å². The van der Waals surface area contributed by atoms with E-state index in [4.69, 9.17) is 9.15 Å². The van der Waals surface area contributed by atoms with Crippen LogP contribution in [0, 0.1) is 0 Å². The number of hydrogen-bond acceptors (Lipinski definition) is 5. The molecule has 2 heterocycles. The molecule has 0 aliphatic heterocycles. The van der Waals surface area contributed by atoms with Crippen LogP contribution in [0.4, 0.5) is 0 Å². The lowest BCUT2D eigenvalue weighted by atomic mass is 10.2. The fraction of sp³-hybridized carbons (Fsp3) is 0.188. The minimum Gasteiger partial charge on any atom is -0.494 e. The molecular weight excluding hydrogens is 266 g/mol. The van der Waals surface area contributed by atoms with Gasteiger partial charge in [-0.2, -0.15) is 0 Å². The molecule has 0 spiro atoms. The first-order valence-corrected chi connectivity index (χ1v) is 6.81. The number of hydrogen-bond donors (Lipinski definition) is 0. The van der Waals surface area contributed by atoms with E-state index in [2.05, 4.69) is 21.9 Å². The minimum absolute atomic E-state index is 0.511. The van der Waals surface area contributed by atoms with Gasteiger partial charge in [0.1, 0.15) is 12.1 Å². The van der Waals surface area contributed by atoms with Gasteiger partial charge in [0, 0.05) is 18.0 Å². The Kier molecular flexibility index (Phi) is 3.91. The van der Waals surface area contributed by atoms with Crippen molar-refractivity contribution in [1.29, 1.82) is 0 Å². The number of ether oxygens (including phenoxy) is 1. The van der Waals surface area contributed by atoms with Gasteiger partial charge in [0.25, 0.3) is 0 Å². The normalized spacial score (nSPS) is 10.5. The molecule has 5 heteroatoms. The van der Waals surface area contributed by atoms with E-state index in [0.717, 1.165) is 29.9 Å². The molecule has 3 rings (SSSR count). The lowest BCUT2D eigenvalue weighted by Crippen LogP contribution is -1.94. The Morgan fingerprint density at radius 3 is 2.48 bits per heavy atom. The summed E-state index contributed by atoms with van der Waals surface area (Å²) < 4.78 is 11.3. The third kappa shape index (κ3) is 3.08. The predicted octanol–water partition coefficient (Wildman–Crippen LogP) is 3.59. The molecule has 3 aromatic rings. The summed E-state index contributed by atoms with van der Waals surface area (Å²) >= 11 is 0. The second-order valence-electron chi connectivity index (χ2n) is 4.53. The first-order valence-electron chi connectivity index (χ1n) is 6.81. The maximum Gasteiger partial charge on any atom is 0.229 e. The molecule has 0 saturated heterocycles. The van der Waals surface area contributed by atoms with Gasteiger partial charge in [0.2, 0.25) is 5.89 Å². The highest BCUT2D eigenvalue weighted by Crippen LogP contribution is 2.26. The van der Waals surface area contributed by atoms with Crippen molar-refractivity contribution >= 4 is 0 Å². The number of oxazole rings is 1. The van der Waals surface area contributed by atoms with Crippen molar-refractivity contribution in [2.24, 2.45) is 0 Å². The molecule has 0 bridgehead atoms. The minimum atomic E-state index is 0.511. The summed E-state index contributed by atoms with van der Waals surface area (Å²) in [7, 11) is 0. The first-order chi connectivity index (χ1) is 10.4. The van der Waals surface area contributed by atoms with Crippen molar-refractivity contribution in [2.75, 3.05) is 6.61 Å². The molecule has 0 aliphatic rings. The molecular formula is C16H15N3O2. The Morgan fingerprint density at radius 2 is 1.76 bits per heavy atom. The summed E-state index contributed by atoms with van der Waals surface area (Å²) in [5.74, 6) is 2.07. The van der Waals surface area contributed by atoms with E-state index < -0.39 is 0 Å². The monoisotopic (exact) mass is 281 g/mol. The zero-order chi connectivity index (χ0) is 14.5. The van der Waals surface area contributed by atoms with E-state index in [-0.39, 0.29) is 0 Å². The van der Waals surface area contributed by atoms with Crippen molar-refractivity contribution in [1.82, 2.24) is 15.0 Å². The largest absolute Gasteiger partial charge is 0.494 e. The number of rotatable bonds is 5. The summed E-state index contributed by atoms with van der Waals surface area (Å²) in [5, 5.41) is 0. The maximum atomic E-state index is 5.74. The summed E-state index contributed by atoms with van der Waals surface area (Å²) in [6.45, 7) is 2.80. The van der Waals surface area contributed by atoms with E-state index in [9.17, 15) is 0 Å². The second-order valence-corrected chi connectivity index (χ2v) is 4.53. The van der Waals surface area contributed by atoms with Crippen molar-refractivity contribution in [3.8, 4) is 28.5 Å². The molecule has 5 nitrogen and oxygen atoms in total. The highest BCUT2D eigenvalue weighted by Gasteiger charge is 2.09. The highest BCUT2D eigenvalue weighted by molar-refractivity contribution is 5.60. The van der Waals surface area contributed by atoms with Crippen LogP contribution in [-0.2, 0) is 0 Å². The molecule has 0 atom stereocenters. The molecule has 0 aliphatic carbocycles. The molecule has 21 heavy (non-hydrogen) atoms. The predicted molar refractivity (Wildman–Crippen MR) is 78.8 cm³/mol. The first kappa shape index (κ1) is 13.3. The van der Waals surface area contributed by atoms with Crippen LogP contribution in [0.25, 0.3) is 22.8 Å². The van der Waals surface area contributed by atoms with E-state index >= 15 is 0 Å². The standard InChI is InChI=1S/C16H15N3O2/c1-2-7-20-14-5-3-12(4-6-14)15-10-19-16(21-15)13-8-17-11-18-9-13/h3-6,8-11H,2,7H2,1H3. The lowest BCUT2D eigenvalue weighted by molar-refractivity contribution is 0.317. The average Bonchev–Trinajstić information content (AvgIpc) is 3.04. The van der Waals surface area contributed by atoms with Gasteiger partial charge in [-0.25, -0.2) is 15.0 Å². The molecule has 0 unspecified atom stereocenters. The van der Waals surface area contributed by atoms with Crippen LogP contribution in [0.5, 0.6) is 5.75 Å². The molecule has 0 amide bonds. The van der Waals surface area contributed by atoms with Gasteiger partial charge >= 0.3 is 0 Å². The smallest absolute Gasteiger partial charge is 0.229 e. The van der Waals surface area contributed by atoms with Crippen molar-refractivity contribution in [3.63, 3.8) is 0 Å². The molecule has 0 saturated carbocycles. The van der Waals surface area contributed by atoms with Crippen molar-refractivity contribution in [3.05, 3.63) is 49.2 Å².